The van der Waals surface area contributed by atoms with Gasteiger partial charge in [-0.2, -0.15) is 0 Å². The van der Waals surface area contributed by atoms with Gasteiger partial charge in [-0.05, 0) is 61.6 Å². The second-order valence-corrected chi connectivity index (χ2v) is 12.3. The molecule has 0 aliphatic carbocycles. The summed E-state index contributed by atoms with van der Waals surface area (Å²) in [5, 5.41) is 22.0. The monoisotopic (exact) mass is 581 g/mol. The van der Waals surface area contributed by atoms with Gasteiger partial charge in [0.15, 0.2) is 11.6 Å². The fourth-order valence-corrected chi connectivity index (χ4v) is 6.55. The SMILES string of the molecule is Cc1cccc(CC(=O)Nc2ccc(N3CCC(c4nnc(CC(=O)Cc5cccc(N6CCC6)c5)s4)CC3)nn2)c1. The normalized spacial score (nSPS) is 15.4. The summed E-state index contributed by atoms with van der Waals surface area (Å²) in [7, 11) is 0. The summed E-state index contributed by atoms with van der Waals surface area (Å²) >= 11 is 1.57. The van der Waals surface area contributed by atoms with Gasteiger partial charge in [0, 0.05) is 44.2 Å². The van der Waals surface area contributed by atoms with Crippen LogP contribution in [0.25, 0.3) is 0 Å². The molecule has 216 valence electrons. The lowest BCUT2D eigenvalue weighted by molar-refractivity contribution is -0.118. The summed E-state index contributed by atoms with van der Waals surface area (Å²) in [6, 6.07) is 20.0. The molecule has 2 aromatic carbocycles. The molecule has 10 heteroatoms. The number of hydrogen-bond acceptors (Lipinski definition) is 9. The van der Waals surface area contributed by atoms with E-state index in [4.69, 9.17) is 0 Å². The molecule has 2 aliphatic rings. The number of amides is 1. The molecule has 0 saturated carbocycles. The van der Waals surface area contributed by atoms with Crippen molar-refractivity contribution in [2.24, 2.45) is 0 Å². The number of ketones is 1. The predicted molar refractivity (Wildman–Crippen MR) is 165 cm³/mol. The predicted octanol–water partition coefficient (Wildman–Crippen LogP) is 4.77. The van der Waals surface area contributed by atoms with E-state index in [0.29, 0.717) is 31.0 Å². The minimum absolute atomic E-state index is 0.113. The summed E-state index contributed by atoms with van der Waals surface area (Å²) in [6.07, 6.45) is 4.15. The van der Waals surface area contributed by atoms with Gasteiger partial charge in [-0.25, -0.2) is 0 Å². The lowest BCUT2D eigenvalue weighted by atomic mass is 9.98. The van der Waals surface area contributed by atoms with Gasteiger partial charge in [0.2, 0.25) is 5.91 Å². The van der Waals surface area contributed by atoms with Crippen LogP contribution in [-0.2, 0) is 28.9 Å². The Balaban J connectivity index is 0.964. The van der Waals surface area contributed by atoms with Crippen LogP contribution in [0.4, 0.5) is 17.3 Å². The van der Waals surface area contributed by atoms with Crippen molar-refractivity contribution in [2.75, 3.05) is 41.3 Å². The van der Waals surface area contributed by atoms with Crippen LogP contribution in [0.3, 0.4) is 0 Å². The third-order valence-electron chi connectivity index (χ3n) is 7.90. The summed E-state index contributed by atoms with van der Waals surface area (Å²) in [5.74, 6) is 1.63. The molecule has 4 heterocycles. The van der Waals surface area contributed by atoms with Gasteiger partial charge in [-0.3, -0.25) is 9.59 Å². The van der Waals surface area contributed by atoms with Crippen molar-refractivity contribution >= 4 is 40.4 Å². The fraction of sp³-hybridized carbons (Fsp3) is 0.375. The molecule has 0 bridgehead atoms. The highest BCUT2D eigenvalue weighted by Gasteiger charge is 2.25. The molecule has 42 heavy (non-hydrogen) atoms. The van der Waals surface area contributed by atoms with Crippen molar-refractivity contribution in [3.05, 3.63) is 87.4 Å². The number of anilines is 3. The largest absolute Gasteiger partial charge is 0.371 e. The molecule has 4 aromatic rings. The second kappa shape index (κ2) is 12.8. The zero-order valence-corrected chi connectivity index (χ0v) is 24.6. The number of aryl methyl sites for hydroxylation is 1. The minimum atomic E-state index is -0.113. The van der Waals surface area contributed by atoms with Crippen molar-refractivity contribution in [1.29, 1.82) is 0 Å². The molecule has 6 rings (SSSR count). The molecule has 2 fully saturated rings. The lowest BCUT2D eigenvalue weighted by Gasteiger charge is -2.33. The Kier molecular flexibility index (Phi) is 8.50. The maximum absolute atomic E-state index is 12.8. The topological polar surface area (TPSA) is 104 Å². The van der Waals surface area contributed by atoms with Gasteiger partial charge in [-0.1, -0.05) is 42.0 Å². The summed E-state index contributed by atoms with van der Waals surface area (Å²) in [6.45, 7) is 5.87. The molecular weight excluding hydrogens is 546 g/mol. The van der Waals surface area contributed by atoms with Crippen LogP contribution in [-0.4, -0.2) is 58.3 Å². The Labute approximate surface area is 250 Å². The molecular formula is C32H35N7O2S. The number of carbonyl (C=O) groups excluding carboxylic acids is 2. The van der Waals surface area contributed by atoms with Crippen molar-refractivity contribution < 1.29 is 9.59 Å². The molecule has 2 saturated heterocycles. The highest BCUT2D eigenvalue weighted by Crippen LogP contribution is 2.32. The van der Waals surface area contributed by atoms with Gasteiger partial charge in [0.05, 0.1) is 12.8 Å². The number of carbonyl (C=O) groups is 2. The zero-order chi connectivity index (χ0) is 28.9. The first-order chi connectivity index (χ1) is 20.5. The van der Waals surface area contributed by atoms with Crippen LogP contribution in [0.1, 0.15) is 51.9 Å². The highest BCUT2D eigenvalue weighted by molar-refractivity contribution is 7.11. The second-order valence-electron chi connectivity index (χ2n) is 11.2. The number of piperidine rings is 1. The molecule has 0 spiro atoms. The molecule has 0 radical (unpaired) electrons. The average molecular weight is 582 g/mol. The summed E-state index contributed by atoms with van der Waals surface area (Å²) in [4.78, 5) is 29.8. The van der Waals surface area contributed by atoms with Gasteiger partial charge in [-0.15, -0.1) is 31.7 Å². The maximum atomic E-state index is 12.8. The van der Waals surface area contributed by atoms with E-state index in [9.17, 15) is 9.59 Å². The summed E-state index contributed by atoms with van der Waals surface area (Å²) in [5.41, 5.74) is 4.36. The van der Waals surface area contributed by atoms with E-state index < -0.39 is 0 Å². The van der Waals surface area contributed by atoms with Crippen molar-refractivity contribution in [3.63, 3.8) is 0 Å². The Bertz CT molecular complexity index is 1540. The first-order valence-corrected chi connectivity index (χ1v) is 15.4. The van der Waals surface area contributed by atoms with E-state index in [1.54, 1.807) is 17.4 Å². The number of benzene rings is 2. The number of aromatic nitrogens is 4. The third kappa shape index (κ3) is 6.99. The van der Waals surface area contributed by atoms with Crippen LogP contribution in [0.2, 0.25) is 0 Å². The molecule has 1 N–H and O–H groups in total. The van der Waals surface area contributed by atoms with E-state index in [1.807, 2.05) is 49.4 Å². The number of Topliss-reactive ketones (excluding diaryl/α,β-unsaturated/α-hetero) is 1. The fourth-order valence-electron chi connectivity index (χ4n) is 5.51. The van der Waals surface area contributed by atoms with Gasteiger partial charge >= 0.3 is 0 Å². The molecule has 1 amide bonds. The standard InChI is InChI=1S/C32H35N7O2S/c1-22-5-2-6-23(17-22)20-30(41)33-28-9-10-29(35-34-28)39-15-11-25(12-16-39)32-37-36-31(42-32)21-27(40)19-24-7-3-8-26(18-24)38-13-4-14-38/h2-3,5-10,17-18,25H,4,11-16,19-21H2,1H3,(H,33,34,41). The van der Waals surface area contributed by atoms with E-state index in [-0.39, 0.29) is 11.7 Å². The molecule has 9 nitrogen and oxygen atoms in total. The van der Waals surface area contributed by atoms with Crippen LogP contribution in [0, 0.1) is 6.92 Å². The van der Waals surface area contributed by atoms with E-state index in [2.05, 4.69) is 47.6 Å². The summed E-state index contributed by atoms with van der Waals surface area (Å²) < 4.78 is 0. The quantitative estimate of drug-likeness (QED) is 0.286. The highest BCUT2D eigenvalue weighted by atomic mass is 32.1. The van der Waals surface area contributed by atoms with Gasteiger partial charge in [0.1, 0.15) is 15.8 Å². The first kappa shape index (κ1) is 28.0. The smallest absolute Gasteiger partial charge is 0.229 e. The lowest BCUT2D eigenvalue weighted by Crippen LogP contribution is -2.36. The average Bonchev–Trinajstić information content (AvgIpc) is 3.41. The molecule has 0 atom stereocenters. The Morgan fingerprint density at radius 2 is 1.62 bits per heavy atom. The van der Waals surface area contributed by atoms with Gasteiger partial charge < -0.3 is 15.1 Å². The minimum Gasteiger partial charge on any atom is -0.371 e. The number of hydrogen-bond donors (Lipinski definition) is 1. The maximum Gasteiger partial charge on any atom is 0.229 e. The Morgan fingerprint density at radius 3 is 2.33 bits per heavy atom. The van der Waals surface area contributed by atoms with Crippen LogP contribution in [0.5, 0.6) is 0 Å². The molecule has 2 aromatic heterocycles. The van der Waals surface area contributed by atoms with Crippen LogP contribution in [0.15, 0.2) is 60.7 Å². The first-order valence-electron chi connectivity index (χ1n) is 14.6. The zero-order valence-electron chi connectivity index (χ0n) is 23.8. The van der Waals surface area contributed by atoms with Crippen molar-refractivity contribution in [2.45, 2.75) is 51.4 Å². The number of nitrogens with zero attached hydrogens (tertiary/aromatic N) is 6. The van der Waals surface area contributed by atoms with Crippen LogP contribution < -0.4 is 15.1 Å². The Morgan fingerprint density at radius 1 is 0.833 bits per heavy atom. The molecule has 0 unspecified atom stereocenters. The third-order valence-corrected chi connectivity index (χ3v) is 8.98. The van der Waals surface area contributed by atoms with Crippen molar-refractivity contribution in [1.82, 2.24) is 20.4 Å². The number of rotatable bonds is 10. The Hall–Kier alpha value is -4.18. The van der Waals surface area contributed by atoms with E-state index in [1.165, 1.54) is 12.1 Å². The van der Waals surface area contributed by atoms with Crippen LogP contribution >= 0.6 is 11.3 Å². The van der Waals surface area contributed by atoms with E-state index >= 15 is 0 Å². The van der Waals surface area contributed by atoms with Crippen molar-refractivity contribution in [3.8, 4) is 0 Å². The van der Waals surface area contributed by atoms with E-state index in [0.717, 1.165) is 71.5 Å². The molecule has 2 aliphatic heterocycles. The number of nitrogens with one attached hydrogen (secondary N) is 1. The van der Waals surface area contributed by atoms with Gasteiger partial charge in [0.25, 0.3) is 0 Å².